The van der Waals surface area contributed by atoms with Crippen LogP contribution < -0.4 is 4.90 Å². The molecule has 32 heavy (non-hydrogen) atoms. The number of amides is 2. The number of carbonyl (C=O) groups is 2. The molecule has 0 radical (unpaired) electrons. The molecule has 1 atom stereocenters. The Morgan fingerprint density at radius 2 is 1.91 bits per heavy atom. The lowest BCUT2D eigenvalue weighted by Gasteiger charge is -2.41. The third kappa shape index (κ3) is 3.42. The summed E-state index contributed by atoms with van der Waals surface area (Å²) in [5.41, 5.74) is 1.01. The fourth-order valence-electron chi connectivity index (χ4n) is 4.31. The van der Waals surface area contributed by atoms with E-state index in [1.54, 1.807) is 6.07 Å². The molecule has 9 heteroatoms. The summed E-state index contributed by atoms with van der Waals surface area (Å²) in [5.74, 6) is -0.213. The van der Waals surface area contributed by atoms with Crippen LogP contribution in [0.4, 0.5) is 23.7 Å². The average molecular weight is 441 g/mol. The van der Waals surface area contributed by atoms with Crippen molar-refractivity contribution in [2.24, 2.45) is 0 Å². The highest BCUT2D eigenvalue weighted by atomic mass is 19.4. The van der Waals surface area contributed by atoms with Gasteiger partial charge in [-0.05, 0) is 47.9 Å². The highest BCUT2D eigenvalue weighted by molar-refractivity contribution is 6.08. The fourth-order valence-corrected chi connectivity index (χ4v) is 4.31. The van der Waals surface area contributed by atoms with Crippen LogP contribution in [-0.4, -0.2) is 28.9 Å². The van der Waals surface area contributed by atoms with E-state index in [4.69, 9.17) is 5.26 Å². The van der Waals surface area contributed by atoms with Gasteiger partial charge < -0.3 is 10.0 Å². The zero-order valence-corrected chi connectivity index (χ0v) is 17.0. The molecule has 0 unspecified atom stereocenters. The smallest absolute Gasteiger partial charge is 0.392 e. The second-order valence-electron chi connectivity index (χ2n) is 7.65. The van der Waals surface area contributed by atoms with Gasteiger partial charge in [0.15, 0.2) is 5.78 Å². The summed E-state index contributed by atoms with van der Waals surface area (Å²) in [7, 11) is 1.46. The number of anilines is 1. The predicted octanol–water partition coefficient (Wildman–Crippen LogP) is 4.30. The SMILES string of the molecule is CN1C(=O)N(c2cccc(C(F)(F)F)c2)C2=C(C(=O)CC2)[C@H]1c1ccc(C#N)cc1CO. The molecule has 1 aliphatic heterocycles. The van der Waals surface area contributed by atoms with Gasteiger partial charge in [-0.25, -0.2) is 4.79 Å². The first-order valence-electron chi connectivity index (χ1n) is 9.81. The molecule has 2 amide bonds. The van der Waals surface area contributed by atoms with Crippen LogP contribution in [0, 0.1) is 11.3 Å². The number of likely N-dealkylation sites (N-methyl/N-ethyl adjacent to an activating group) is 1. The standard InChI is InChI=1S/C23H18F3N3O3/c1-28-21(17-6-5-13(11-27)9-14(17)12-30)20-18(7-8-19(20)31)29(22(28)32)16-4-2-3-15(10-16)23(24,25)26/h2-6,9-10,21,30H,7-8,12H2,1H3/t21-/m1/s1. The quantitative estimate of drug-likeness (QED) is 0.770. The van der Waals surface area contributed by atoms with E-state index in [9.17, 15) is 27.9 Å². The third-order valence-electron chi connectivity index (χ3n) is 5.79. The number of alkyl halides is 3. The molecule has 4 rings (SSSR count). The zero-order valence-electron chi connectivity index (χ0n) is 17.0. The maximum Gasteiger partial charge on any atom is 0.416 e. The third-order valence-corrected chi connectivity index (χ3v) is 5.79. The van der Waals surface area contributed by atoms with Crippen molar-refractivity contribution in [3.05, 3.63) is 76.0 Å². The maximum absolute atomic E-state index is 13.4. The number of allylic oxidation sites excluding steroid dienone is 1. The Balaban J connectivity index is 1.89. The van der Waals surface area contributed by atoms with Gasteiger partial charge in [0.1, 0.15) is 0 Å². The van der Waals surface area contributed by atoms with E-state index in [2.05, 4.69) is 0 Å². The molecule has 0 saturated heterocycles. The van der Waals surface area contributed by atoms with E-state index in [1.807, 2.05) is 6.07 Å². The largest absolute Gasteiger partial charge is 0.416 e. The van der Waals surface area contributed by atoms with Crippen LogP contribution in [0.1, 0.15) is 41.1 Å². The molecule has 164 valence electrons. The molecular weight excluding hydrogens is 423 g/mol. The molecule has 1 aliphatic carbocycles. The number of aliphatic hydroxyl groups is 1. The first-order valence-corrected chi connectivity index (χ1v) is 9.81. The van der Waals surface area contributed by atoms with Crippen LogP contribution in [0.5, 0.6) is 0 Å². The molecule has 1 N–H and O–H groups in total. The van der Waals surface area contributed by atoms with E-state index < -0.39 is 30.4 Å². The van der Waals surface area contributed by atoms with E-state index in [0.29, 0.717) is 28.0 Å². The Kier molecular flexibility index (Phi) is 5.26. The van der Waals surface area contributed by atoms with Gasteiger partial charge in [0.05, 0.1) is 35.5 Å². The lowest BCUT2D eigenvalue weighted by atomic mass is 9.89. The van der Waals surface area contributed by atoms with Crippen LogP contribution in [0.2, 0.25) is 0 Å². The molecule has 1 heterocycles. The second-order valence-corrected chi connectivity index (χ2v) is 7.65. The molecule has 2 aromatic rings. The summed E-state index contributed by atoms with van der Waals surface area (Å²) in [6, 6.07) is 9.63. The number of benzene rings is 2. The van der Waals surface area contributed by atoms with Gasteiger partial charge in [0, 0.05) is 24.7 Å². The second kappa shape index (κ2) is 7.80. The maximum atomic E-state index is 13.4. The molecule has 6 nitrogen and oxygen atoms in total. The topological polar surface area (TPSA) is 84.6 Å². The van der Waals surface area contributed by atoms with Gasteiger partial charge >= 0.3 is 12.2 Å². The van der Waals surface area contributed by atoms with Crippen molar-refractivity contribution < 1.29 is 27.9 Å². The monoisotopic (exact) mass is 441 g/mol. The number of rotatable bonds is 3. The number of urea groups is 1. The minimum absolute atomic E-state index is 0.0273. The fraction of sp³-hybridized carbons (Fsp3) is 0.261. The van der Waals surface area contributed by atoms with Gasteiger partial charge in [0.25, 0.3) is 0 Å². The predicted molar refractivity (Wildman–Crippen MR) is 108 cm³/mol. The highest BCUT2D eigenvalue weighted by Crippen LogP contribution is 2.45. The van der Waals surface area contributed by atoms with Crippen LogP contribution >= 0.6 is 0 Å². The first-order chi connectivity index (χ1) is 15.2. The van der Waals surface area contributed by atoms with Gasteiger partial charge in [-0.15, -0.1) is 0 Å². The minimum atomic E-state index is -4.58. The van der Waals surface area contributed by atoms with Crippen molar-refractivity contribution in [1.82, 2.24) is 4.90 Å². The molecule has 0 saturated carbocycles. The summed E-state index contributed by atoms with van der Waals surface area (Å²) in [6.07, 6.45) is -4.24. The van der Waals surface area contributed by atoms with Crippen molar-refractivity contribution in [3.63, 3.8) is 0 Å². The number of nitrogens with zero attached hydrogens (tertiary/aromatic N) is 3. The van der Waals surface area contributed by atoms with Gasteiger partial charge in [0.2, 0.25) is 0 Å². The molecular formula is C23H18F3N3O3. The van der Waals surface area contributed by atoms with Crippen molar-refractivity contribution in [1.29, 1.82) is 5.26 Å². The minimum Gasteiger partial charge on any atom is -0.392 e. The summed E-state index contributed by atoms with van der Waals surface area (Å²) in [6.45, 7) is -0.405. The van der Waals surface area contributed by atoms with Gasteiger partial charge in [-0.2, -0.15) is 18.4 Å². The zero-order chi connectivity index (χ0) is 23.2. The van der Waals surface area contributed by atoms with E-state index in [0.717, 1.165) is 17.0 Å². The Morgan fingerprint density at radius 1 is 1.16 bits per heavy atom. The van der Waals surface area contributed by atoms with E-state index in [-0.39, 0.29) is 24.3 Å². The Morgan fingerprint density at radius 3 is 2.56 bits per heavy atom. The molecule has 0 bridgehead atoms. The highest BCUT2D eigenvalue weighted by Gasteiger charge is 2.45. The summed E-state index contributed by atoms with van der Waals surface area (Å²) >= 11 is 0. The Bertz CT molecular complexity index is 1200. The average Bonchev–Trinajstić information content (AvgIpc) is 3.14. The summed E-state index contributed by atoms with van der Waals surface area (Å²) in [4.78, 5) is 28.6. The number of Topliss-reactive ketones (excluding diaryl/α,β-unsaturated/α-hetero) is 1. The number of hydrogen-bond acceptors (Lipinski definition) is 4. The van der Waals surface area contributed by atoms with Crippen LogP contribution in [0.3, 0.4) is 0 Å². The number of ketones is 1. The Labute approximate surface area is 181 Å². The van der Waals surface area contributed by atoms with Crippen molar-refractivity contribution in [2.45, 2.75) is 31.7 Å². The van der Waals surface area contributed by atoms with E-state index in [1.165, 1.54) is 36.2 Å². The lowest BCUT2D eigenvalue weighted by Crippen LogP contribution is -2.48. The molecule has 0 spiro atoms. The molecule has 2 aromatic carbocycles. The normalized spacial score (nSPS) is 18.8. The van der Waals surface area contributed by atoms with Gasteiger partial charge in [-0.1, -0.05) is 12.1 Å². The Hall–Kier alpha value is -3.64. The number of aliphatic hydroxyl groups excluding tert-OH is 1. The number of halogens is 3. The van der Waals surface area contributed by atoms with Gasteiger partial charge in [-0.3, -0.25) is 9.69 Å². The van der Waals surface area contributed by atoms with Crippen LogP contribution in [-0.2, 0) is 17.6 Å². The summed E-state index contributed by atoms with van der Waals surface area (Å²) < 4.78 is 39.7. The number of hydrogen-bond donors (Lipinski definition) is 1. The molecule has 0 aromatic heterocycles. The number of carbonyl (C=O) groups excluding carboxylic acids is 2. The summed E-state index contributed by atoms with van der Waals surface area (Å²) in [5, 5.41) is 19.0. The van der Waals surface area contributed by atoms with Crippen molar-refractivity contribution in [2.75, 3.05) is 11.9 Å². The lowest BCUT2D eigenvalue weighted by molar-refractivity contribution is -0.137. The van der Waals surface area contributed by atoms with Crippen molar-refractivity contribution in [3.8, 4) is 6.07 Å². The van der Waals surface area contributed by atoms with Crippen LogP contribution in [0.15, 0.2) is 53.7 Å². The van der Waals surface area contributed by atoms with Crippen molar-refractivity contribution >= 4 is 17.5 Å². The first kappa shape index (κ1) is 21.6. The molecule has 0 fully saturated rings. The van der Waals surface area contributed by atoms with E-state index >= 15 is 0 Å². The van der Waals surface area contributed by atoms with Crippen LogP contribution in [0.25, 0.3) is 0 Å². The number of nitriles is 1. The molecule has 2 aliphatic rings.